The zero-order valence-corrected chi connectivity index (χ0v) is 14.6. The van der Waals surface area contributed by atoms with Crippen molar-refractivity contribution in [3.63, 3.8) is 0 Å². The Morgan fingerprint density at radius 1 is 1.08 bits per heavy atom. The van der Waals surface area contributed by atoms with E-state index in [1.165, 1.54) is 0 Å². The van der Waals surface area contributed by atoms with E-state index in [2.05, 4.69) is 44.5 Å². The van der Waals surface area contributed by atoms with Crippen LogP contribution in [0.5, 0.6) is 5.75 Å². The van der Waals surface area contributed by atoms with E-state index in [0.29, 0.717) is 13.2 Å². The van der Waals surface area contributed by atoms with Gasteiger partial charge in [0.2, 0.25) is 0 Å². The summed E-state index contributed by atoms with van der Waals surface area (Å²) in [5.41, 5.74) is 4.09. The summed E-state index contributed by atoms with van der Waals surface area (Å²) >= 11 is 0. The molecule has 0 aliphatic heterocycles. The smallest absolute Gasteiger partial charge is 0.140 e. The van der Waals surface area contributed by atoms with Crippen molar-refractivity contribution in [1.82, 2.24) is 15.0 Å². The van der Waals surface area contributed by atoms with Crippen LogP contribution < -0.4 is 10.1 Å². The Kier molecular flexibility index (Phi) is 4.51. The Labute approximate surface area is 152 Å². The molecule has 1 aromatic carbocycles. The molecule has 2 N–H and O–H groups in total. The van der Waals surface area contributed by atoms with Gasteiger partial charge in [-0.2, -0.15) is 0 Å². The van der Waals surface area contributed by atoms with Crippen molar-refractivity contribution in [2.45, 2.75) is 13.5 Å². The van der Waals surface area contributed by atoms with Gasteiger partial charge >= 0.3 is 0 Å². The molecule has 0 aliphatic carbocycles. The van der Waals surface area contributed by atoms with Crippen LogP contribution in [0.3, 0.4) is 0 Å². The van der Waals surface area contributed by atoms with Crippen LogP contribution in [0.2, 0.25) is 0 Å². The first-order chi connectivity index (χ1) is 12.8. The van der Waals surface area contributed by atoms with Crippen LogP contribution in [-0.4, -0.2) is 21.6 Å². The van der Waals surface area contributed by atoms with Crippen molar-refractivity contribution in [2.24, 2.45) is 0 Å². The van der Waals surface area contributed by atoms with E-state index in [0.717, 1.165) is 39.4 Å². The summed E-state index contributed by atoms with van der Waals surface area (Å²) in [6.07, 6.45) is 3.71. The molecule has 0 saturated heterocycles. The second-order valence-corrected chi connectivity index (χ2v) is 5.93. The molecule has 130 valence electrons. The molecule has 0 atom stereocenters. The number of fused-ring (bicyclic) bond motifs is 1. The van der Waals surface area contributed by atoms with Gasteiger partial charge in [-0.3, -0.25) is 4.98 Å². The fraction of sp³-hybridized carbons (Fsp3) is 0.143. The van der Waals surface area contributed by atoms with Crippen LogP contribution >= 0.6 is 0 Å². The van der Waals surface area contributed by atoms with Crippen LogP contribution in [0.25, 0.3) is 22.2 Å². The average molecular weight is 344 g/mol. The van der Waals surface area contributed by atoms with Crippen LogP contribution in [0.4, 0.5) is 5.82 Å². The van der Waals surface area contributed by atoms with Gasteiger partial charge in [-0.05, 0) is 54.4 Å². The molecule has 3 aromatic heterocycles. The fourth-order valence-electron chi connectivity index (χ4n) is 2.95. The first kappa shape index (κ1) is 16.1. The number of pyridine rings is 2. The van der Waals surface area contributed by atoms with Crippen molar-refractivity contribution >= 4 is 16.9 Å². The van der Waals surface area contributed by atoms with E-state index in [1.807, 2.05) is 43.5 Å². The summed E-state index contributed by atoms with van der Waals surface area (Å²) in [5, 5.41) is 4.46. The average Bonchev–Trinajstić information content (AvgIpc) is 3.16. The van der Waals surface area contributed by atoms with Gasteiger partial charge in [0.15, 0.2) is 0 Å². The highest BCUT2D eigenvalue weighted by Gasteiger charge is 2.09. The van der Waals surface area contributed by atoms with E-state index in [1.54, 1.807) is 6.20 Å². The highest BCUT2D eigenvalue weighted by molar-refractivity contribution is 5.94. The van der Waals surface area contributed by atoms with Gasteiger partial charge in [0.25, 0.3) is 0 Å². The second-order valence-electron chi connectivity index (χ2n) is 5.93. The van der Waals surface area contributed by atoms with Gasteiger partial charge in [0, 0.05) is 17.8 Å². The molecule has 0 aliphatic rings. The number of rotatable bonds is 6. The minimum absolute atomic E-state index is 0.628. The van der Waals surface area contributed by atoms with Gasteiger partial charge in [-0.15, -0.1) is 0 Å². The van der Waals surface area contributed by atoms with E-state index in [4.69, 9.17) is 4.74 Å². The molecule has 0 unspecified atom stereocenters. The van der Waals surface area contributed by atoms with Crippen LogP contribution in [-0.2, 0) is 6.54 Å². The molecule has 0 amide bonds. The van der Waals surface area contributed by atoms with E-state index in [-0.39, 0.29) is 0 Å². The van der Waals surface area contributed by atoms with Gasteiger partial charge in [-0.1, -0.05) is 18.2 Å². The second kappa shape index (κ2) is 7.27. The maximum Gasteiger partial charge on any atom is 0.140 e. The Morgan fingerprint density at radius 2 is 1.96 bits per heavy atom. The van der Waals surface area contributed by atoms with E-state index >= 15 is 0 Å². The first-order valence-electron chi connectivity index (χ1n) is 8.68. The summed E-state index contributed by atoms with van der Waals surface area (Å²) in [7, 11) is 0. The normalized spacial score (nSPS) is 10.8. The Hall–Kier alpha value is -3.34. The van der Waals surface area contributed by atoms with Crippen LogP contribution in [0.1, 0.15) is 12.6 Å². The summed E-state index contributed by atoms with van der Waals surface area (Å²) in [5.74, 6) is 1.69. The monoisotopic (exact) mass is 344 g/mol. The highest BCUT2D eigenvalue weighted by atomic mass is 16.5. The molecule has 0 spiro atoms. The molecular weight excluding hydrogens is 324 g/mol. The molecule has 26 heavy (non-hydrogen) atoms. The number of ether oxygens (including phenoxy) is 1. The van der Waals surface area contributed by atoms with Crippen LogP contribution in [0, 0.1) is 0 Å². The number of H-pyrrole nitrogens is 1. The van der Waals surface area contributed by atoms with Crippen LogP contribution in [0.15, 0.2) is 67.0 Å². The third-order valence-corrected chi connectivity index (χ3v) is 4.18. The largest absolute Gasteiger partial charge is 0.494 e. The van der Waals surface area contributed by atoms with Gasteiger partial charge in [0.1, 0.15) is 17.2 Å². The number of hydrogen-bond donors (Lipinski definition) is 2. The van der Waals surface area contributed by atoms with Crippen molar-refractivity contribution in [1.29, 1.82) is 0 Å². The lowest BCUT2D eigenvalue weighted by Crippen LogP contribution is -2.03. The Morgan fingerprint density at radius 3 is 2.73 bits per heavy atom. The highest BCUT2D eigenvalue weighted by Crippen LogP contribution is 2.31. The predicted octanol–water partition coefficient (Wildman–Crippen LogP) is 4.64. The number of nitrogens with one attached hydrogen (secondary N) is 2. The van der Waals surface area contributed by atoms with E-state index in [9.17, 15) is 0 Å². The molecule has 5 nitrogen and oxygen atoms in total. The number of nitrogens with zero attached hydrogens (tertiary/aromatic N) is 2. The third kappa shape index (κ3) is 3.37. The quantitative estimate of drug-likeness (QED) is 0.535. The molecule has 0 bridgehead atoms. The van der Waals surface area contributed by atoms with Crippen molar-refractivity contribution in [3.05, 3.63) is 72.7 Å². The fourth-order valence-corrected chi connectivity index (χ4v) is 2.95. The molecule has 0 radical (unpaired) electrons. The maximum absolute atomic E-state index is 5.54. The number of aromatic amines is 1. The van der Waals surface area contributed by atoms with Crippen molar-refractivity contribution in [3.8, 4) is 16.9 Å². The standard InChI is InChI=1S/C21H20N4O/c1-2-26-17-8-6-15(7-9-17)19-13-20(25-21-18(19)10-12-23-21)24-14-16-5-3-4-11-22-16/h3-13H,2,14H2,1H3,(H2,23,24,25). The summed E-state index contributed by atoms with van der Waals surface area (Å²) in [6, 6.07) is 18.2. The minimum Gasteiger partial charge on any atom is -0.494 e. The number of anilines is 1. The zero-order valence-electron chi connectivity index (χ0n) is 14.6. The summed E-state index contributed by atoms with van der Waals surface area (Å²) < 4.78 is 5.54. The minimum atomic E-state index is 0.628. The molecule has 0 saturated carbocycles. The van der Waals surface area contributed by atoms with Crippen molar-refractivity contribution < 1.29 is 4.74 Å². The molecular formula is C21H20N4O. The Bertz CT molecular complexity index is 994. The number of aromatic nitrogens is 3. The predicted molar refractivity (Wildman–Crippen MR) is 104 cm³/mol. The lowest BCUT2D eigenvalue weighted by atomic mass is 10.0. The van der Waals surface area contributed by atoms with Gasteiger partial charge < -0.3 is 15.0 Å². The zero-order chi connectivity index (χ0) is 17.8. The third-order valence-electron chi connectivity index (χ3n) is 4.18. The van der Waals surface area contributed by atoms with Crippen molar-refractivity contribution in [2.75, 3.05) is 11.9 Å². The topological polar surface area (TPSA) is 62.8 Å². The maximum atomic E-state index is 5.54. The van der Waals surface area contributed by atoms with Gasteiger partial charge in [-0.25, -0.2) is 4.98 Å². The number of benzene rings is 1. The molecule has 4 aromatic rings. The summed E-state index contributed by atoms with van der Waals surface area (Å²) in [6.45, 7) is 3.28. The van der Waals surface area contributed by atoms with E-state index < -0.39 is 0 Å². The Balaban J connectivity index is 1.66. The molecule has 4 rings (SSSR count). The summed E-state index contributed by atoms with van der Waals surface area (Å²) in [4.78, 5) is 12.2. The lowest BCUT2D eigenvalue weighted by Gasteiger charge is -2.10. The first-order valence-corrected chi connectivity index (χ1v) is 8.68. The lowest BCUT2D eigenvalue weighted by molar-refractivity contribution is 0.340. The molecule has 3 heterocycles. The molecule has 0 fully saturated rings. The van der Waals surface area contributed by atoms with Gasteiger partial charge in [0.05, 0.1) is 18.8 Å². The molecule has 5 heteroatoms. The number of hydrogen-bond acceptors (Lipinski definition) is 4. The SMILES string of the molecule is CCOc1ccc(-c2cc(NCc3ccccn3)nc3[nH]ccc23)cc1.